The summed E-state index contributed by atoms with van der Waals surface area (Å²) in [5.41, 5.74) is 2.34. The molecule has 0 amide bonds. The summed E-state index contributed by atoms with van der Waals surface area (Å²) in [5.74, 6) is 0. The maximum atomic E-state index is 6.38. The number of pyridine rings is 1. The van der Waals surface area contributed by atoms with E-state index in [4.69, 9.17) is 16.0 Å². The van der Waals surface area contributed by atoms with Gasteiger partial charge >= 0.3 is 0 Å². The molecule has 1 aromatic carbocycles. The zero-order valence-electron chi connectivity index (χ0n) is 16.6. The molecule has 0 N–H and O–H groups in total. The lowest BCUT2D eigenvalue weighted by molar-refractivity contribution is 0.186. The quantitative estimate of drug-likeness (QED) is 0.423. The molecule has 0 saturated heterocycles. The lowest BCUT2D eigenvalue weighted by Gasteiger charge is -2.37. The molecule has 0 aliphatic heterocycles. The third-order valence-corrected chi connectivity index (χ3v) is 10.0. The van der Waals surface area contributed by atoms with Crippen molar-refractivity contribution in [3.05, 3.63) is 64.9 Å². The number of nitrogens with zero attached hydrogens (tertiary/aromatic N) is 2. The Morgan fingerprint density at radius 2 is 1.73 bits per heavy atom. The van der Waals surface area contributed by atoms with Crippen LogP contribution in [0.1, 0.15) is 31.9 Å². The van der Waals surface area contributed by atoms with Crippen molar-refractivity contribution < 1.29 is 4.43 Å². The average Bonchev–Trinajstić information content (AvgIpc) is 2.56. The fourth-order valence-electron chi connectivity index (χ4n) is 2.48. The first-order chi connectivity index (χ1) is 12.2. The third kappa shape index (κ3) is 6.20. The van der Waals surface area contributed by atoms with Crippen LogP contribution in [0.3, 0.4) is 0 Å². The van der Waals surface area contributed by atoms with Crippen LogP contribution >= 0.6 is 11.6 Å². The molecule has 2 rings (SSSR count). The predicted molar refractivity (Wildman–Crippen MR) is 113 cm³/mol. The summed E-state index contributed by atoms with van der Waals surface area (Å²) in [6.07, 6.45) is 1.73. The molecule has 0 spiro atoms. The molecular formula is C21H31ClN2OSi. The van der Waals surface area contributed by atoms with Crippen LogP contribution in [-0.4, -0.2) is 31.4 Å². The Hall–Kier alpha value is -1.20. The molecule has 2 aromatic rings. The number of halogens is 1. The van der Waals surface area contributed by atoms with Crippen LogP contribution in [0, 0.1) is 0 Å². The van der Waals surface area contributed by atoms with E-state index in [1.807, 2.05) is 18.2 Å². The Bertz CT molecular complexity index is 686. The van der Waals surface area contributed by atoms with Gasteiger partial charge in [0.1, 0.15) is 5.15 Å². The van der Waals surface area contributed by atoms with Gasteiger partial charge in [-0.05, 0) is 29.8 Å². The molecule has 3 nitrogen and oxygen atoms in total. The van der Waals surface area contributed by atoms with Crippen LogP contribution in [-0.2, 0) is 17.5 Å². The minimum atomic E-state index is -1.73. The largest absolute Gasteiger partial charge is 0.416 e. The van der Waals surface area contributed by atoms with Crippen molar-refractivity contribution in [1.29, 1.82) is 0 Å². The van der Waals surface area contributed by atoms with E-state index in [0.717, 1.165) is 31.8 Å². The molecule has 26 heavy (non-hydrogen) atoms. The molecule has 5 heteroatoms. The zero-order chi connectivity index (χ0) is 19.2. The molecule has 0 bridgehead atoms. The predicted octanol–water partition coefficient (Wildman–Crippen LogP) is 5.76. The van der Waals surface area contributed by atoms with Crippen LogP contribution < -0.4 is 0 Å². The average molecular weight is 391 g/mol. The molecule has 1 aromatic heterocycles. The number of aromatic nitrogens is 1. The van der Waals surface area contributed by atoms with Gasteiger partial charge in [0.15, 0.2) is 8.32 Å². The van der Waals surface area contributed by atoms with Crippen molar-refractivity contribution in [2.75, 3.05) is 13.2 Å². The second-order valence-corrected chi connectivity index (χ2v) is 13.4. The lowest BCUT2D eigenvalue weighted by Crippen LogP contribution is -2.42. The van der Waals surface area contributed by atoms with Gasteiger partial charge in [-0.1, -0.05) is 68.8 Å². The fraction of sp³-hybridized carbons (Fsp3) is 0.476. The Balaban J connectivity index is 2.04. The van der Waals surface area contributed by atoms with Crippen molar-refractivity contribution in [3.63, 3.8) is 0 Å². The van der Waals surface area contributed by atoms with E-state index in [9.17, 15) is 0 Å². The van der Waals surface area contributed by atoms with Gasteiger partial charge in [0.25, 0.3) is 0 Å². The maximum absolute atomic E-state index is 6.38. The normalized spacial score (nSPS) is 12.6. The smallest absolute Gasteiger partial charge is 0.192 e. The second kappa shape index (κ2) is 9.13. The first kappa shape index (κ1) is 21.1. The van der Waals surface area contributed by atoms with Crippen molar-refractivity contribution in [2.24, 2.45) is 0 Å². The lowest BCUT2D eigenvalue weighted by atomic mass is 10.2. The number of rotatable bonds is 8. The molecule has 0 aliphatic carbocycles. The maximum Gasteiger partial charge on any atom is 0.192 e. The highest BCUT2D eigenvalue weighted by Crippen LogP contribution is 2.36. The van der Waals surface area contributed by atoms with E-state index in [2.05, 4.69) is 68.0 Å². The van der Waals surface area contributed by atoms with Gasteiger partial charge in [0, 0.05) is 38.0 Å². The summed E-state index contributed by atoms with van der Waals surface area (Å²) in [6, 6.07) is 14.5. The van der Waals surface area contributed by atoms with E-state index in [1.54, 1.807) is 6.20 Å². The van der Waals surface area contributed by atoms with Gasteiger partial charge in [0.05, 0.1) is 0 Å². The standard InChI is InChI=1S/C21H31ClN2OSi/c1-21(2,3)26(4,5)25-15-14-24(16-18-10-7-6-8-11-18)17-19-12-9-13-23-20(19)22/h6-13H,14-17H2,1-5H3. The fourth-order valence-corrected chi connectivity index (χ4v) is 3.69. The molecule has 0 saturated carbocycles. The molecule has 142 valence electrons. The summed E-state index contributed by atoms with van der Waals surface area (Å²) in [4.78, 5) is 6.59. The topological polar surface area (TPSA) is 25.4 Å². The highest BCUT2D eigenvalue weighted by molar-refractivity contribution is 6.74. The summed E-state index contributed by atoms with van der Waals surface area (Å²) in [7, 11) is -1.73. The van der Waals surface area contributed by atoms with Gasteiger partial charge in [-0.2, -0.15) is 0 Å². The van der Waals surface area contributed by atoms with E-state index < -0.39 is 8.32 Å². The Kier molecular flexibility index (Phi) is 7.41. The molecule has 1 heterocycles. The third-order valence-electron chi connectivity index (χ3n) is 5.16. The van der Waals surface area contributed by atoms with Gasteiger partial charge in [-0.15, -0.1) is 0 Å². The highest BCUT2D eigenvalue weighted by atomic mass is 35.5. The molecular weight excluding hydrogens is 360 g/mol. The minimum Gasteiger partial charge on any atom is -0.416 e. The number of benzene rings is 1. The second-order valence-electron chi connectivity index (χ2n) is 8.26. The van der Waals surface area contributed by atoms with Crippen molar-refractivity contribution in [2.45, 2.75) is 52.0 Å². The highest BCUT2D eigenvalue weighted by Gasteiger charge is 2.36. The van der Waals surface area contributed by atoms with Crippen molar-refractivity contribution >= 4 is 19.9 Å². The first-order valence-electron chi connectivity index (χ1n) is 9.19. The number of hydrogen-bond acceptors (Lipinski definition) is 3. The summed E-state index contributed by atoms with van der Waals surface area (Å²) < 4.78 is 6.38. The molecule has 0 atom stereocenters. The van der Waals surface area contributed by atoms with E-state index in [-0.39, 0.29) is 5.04 Å². The monoisotopic (exact) mass is 390 g/mol. The molecule has 0 radical (unpaired) electrons. The van der Waals surface area contributed by atoms with E-state index >= 15 is 0 Å². The van der Waals surface area contributed by atoms with Crippen molar-refractivity contribution in [3.8, 4) is 0 Å². The molecule has 0 aliphatic rings. The SMILES string of the molecule is CC(C)(C)[Si](C)(C)OCCN(Cc1ccccc1)Cc1cccnc1Cl. The van der Waals surface area contributed by atoms with Crippen LogP contribution in [0.2, 0.25) is 23.3 Å². The summed E-state index contributed by atoms with van der Waals surface area (Å²) in [6.45, 7) is 14.7. The minimum absolute atomic E-state index is 0.226. The van der Waals surface area contributed by atoms with Gasteiger partial charge in [-0.25, -0.2) is 4.98 Å². The Morgan fingerprint density at radius 1 is 1.04 bits per heavy atom. The zero-order valence-corrected chi connectivity index (χ0v) is 18.4. The van der Waals surface area contributed by atoms with Crippen LogP contribution in [0.15, 0.2) is 48.7 Å². The first-order valence-corrected chi connectivity index (χ1v) is 12.5. The van der Waals surface area contributed by atoms with Crippen molar-refractivity contribution in [1.82, 2.24) is 9.88 Å². The van der Waals surface area contributed by atoms with Crippen LogP contribution in [0.4, 0.5) is 0 Å². The summed E-state index contributed by atoms with van der Waals surface area (Å²) >= 11 is 6.28. The molecule has 0 fully saturated rings. The number of hydrogen-bond donors (Lipinski definition) is 0. The van der Waals surface area contributed by atoms with E-state index in [1.165, 1.54) is 5.56 Å². The van der Waals surface area contributed by atoms with Gasteiger partial charge < -0.3 is 4.43 Å². The van der Waals surface area contributed by atoms with E-state index in [0.29, 0.717) is 5.15 Å². The molecule has 0 unspecified atom stereocenters. The van der Waals surface area contributed by atoms with Crippen LogP contribution in [0.25, 0.3) is 0 Å². The van der Waals surface area contributed by atoms with Gasteiger partial charge in [0.2, 0.25) is 0 Å². The summed E-state index contributed by atoms with van der Waals surface area (Å²) in [5, 5.41) is 0.806. The van der Waals surface area contributed by atoms with Gasteiger partial charge in [-0.3, -0.25) is 4.90 Å². The Morgan fingerprint density at radius 3 is 2.35 bits per heavy atom. The van der Waals surface area contributed by atoms with Crippen LogP contribution in [0.5, 0.6) is 0 Å². The Labute approximate surface area is 164 Å².